The van der Waals surface area contributed by atoms with Crippen LogP contribution in [0.15, 0.2) is 36.4 Å². The van der Waals surface area contributed by atoms with E-state index in [-0.39, 0.29) is 22.6 Å². The number of benzene rings is 2. The first-order chi connectivity index (χ1) is 11.3. The molecule has 6 heteroatoms. The Labute approximate surface area is 139 Å². The van der Waals surface area contributed by atoms with Crippen LogP contribution in [0.1, 0.15) is 45.7 Å². The minimum Gasteiger partial charge on any atom is -0.508 e. The second-order valence-electron chi connectivity index (χ2n) is 4.92. The summed E-state index contributed by atoms with van der Waals surface area (Å²) in [5, 5.41) is 36.0. The molecule has 2 aromatic rings. The molecule has 0 aliphatic heterocycles. The molecule has 0 heterocycles. The average Bonchev–Trinajstić information content (AvgIpc) is 2.54. The lowest BCUT2D eigenvalue weighted by Crippen LogP contribution is -2.01. The van der Waals surface area contributed by atoms with Gasteiger partial charge in [-0.3, -0.25) is 0 Å². The molecular weight excluding hydrogens is 312 g/mol. The summed E-state index contributed by atoms with van der Waals surface area (Å²) in [5.74, 6) is -1.89. The van der Waals surface area contributed by atoms with Gasteiger partial charge in [-0.25, -0.2) is 9.59 Å². The molecule has 0 fully saturated rings. The number of carbonyl (C=O) groups is 2. The number of carboxylic acids is 2. The molecule has 0 aliphatic rings. The Balaban J connectivity index is 0.000000240. The van der Waals surface area contributed by atoms with E-state index in [9.17, 15) is 19.8 Å². The van der Waals surface area contributed by atoms with Gasteiger partial charge in [-0.05, 0) is 37.1 Å². The number of rotatable bonds is 4. The summed E-state index contributed by atoms with van der Waals surface area (Å²) in [6.07, 6.45) is 1.04. The molecule has 2 rings (SSSR count). The lowest BCUT2D eigenvalue weighted by atomic mass is 10.0. The van der Waals surface area contributed by atoms with Crippen LogP contribution in [-0.4, -0.2) is 32.4 Å². The predicted molar refractivity (Wildman–Crippen MR) is 88.9 cm³/mol. The first-order valence-corrected chi connectivity index (χ1v) is 7.41. The first kappa shape index (κ1) is 19.0. The standard InChI is InChI=1S/2C9H10O3/c2*1-2-6-7(9(11)12)4-3-5-8(6)10/h2*3-5,10H,2H2,1H3,(H,11,12). The van der Waals surface area contributed by atoms with Crippen molar-refractivity contribution in [3.8, 4) is 11.5 Å². The van der Waals surface area contributed by atoms with Crippen molar-refractivity contribution in [1.29, 1.82) is 0 Å². The normalized spacial score (nSPS) is 9.75. The SMILES string of the molecule is CCc1c(O)cccc1C(=O)O.CCc1c(O)cccc1C(=O)O. The molecule has 0 spiro atoms. The summed E-state index contributed by atoms with van der Waals surface area (Å²) in [4.78, 5) is 21.2. The largest absolute Gasteiger partial charge is 0.508 e. The number of hydrogen-bond donors (Lipinski definition) is 4. The molecule has 2 aromatic carbocycles. The molecule has 24 heavy (non-hydrogen) atoms. The van der Waals surface area contributed by atoms with Crippen LogP contribution in [0.5, 0.6) is 11.5 Å². The van der Waals surface area contributed by atoms with Crippen LogP contribution < -0.4 is 0 Å². The Hall–Kier alpha value is -3.02. The Morgan fingerprint density at radius 2 is 1.08 bits per heavy atom. The van der Waals surface area contributed by atoms with Crippen LogP contribution in [0.2, 0.25) is 0 Å². The van der Waals surface area contributed by atoms with E-state index in [1.54, 1.807) is 0 Å². The highest BCUT2D eigenvalue weighted by Crippen LogP contribution is 2.22. The van der Waals surface area contributed by atoms with Gasteiger partial charge in [0, 0.05) is 11.1 Å². The zero-order valence-corrected chi connectivity index (χ0v) is 13.5. The summed E-state index contributed by atoms with van der Waals surface area (Å²) in [5.41, 5.74) is 1.34. The third-order valence-electron chi connectivity index (χ3n) is 3.47. The fourth-order valence-electron chi connectivity index (χ4n) is 2.29. The highest BCUT2D eigenvalue weighted by molar-refractivity contribution is 5.90. The van der Waals surface area contributed by atoms with E-state index in [0.717, 1.165) is 0 Å². The zero-order valence-electron chi connectivity index (χ0n) is 13.5. The Kier molecular flexibility index (Phi) is 6.79. The summed E-state index contributed by atoms with van der Waals surface area (Å²) >= 11 is 0. The molecule has 4 N–H and O–H groups in total. The summed E-state index contributed by atoms with van der Waals surface area (Å²) in [6, 6.07) is 9.01. The third-order valence-corrected chi connectivity index (χ3v) is 3.47. The van der Waals surface area contributed by atoms with Gasteiger partial charge in [-0.1, -0.05) is 26.0 Å². The van der Waals surface area contributed by atoms with Crippen molar-refractivity contribution in [3.05, 3.63) is 58.7 Å². The van der Waals surface area contributed by atoms with Crippen molar-refractivity contribution in [3.63, 3.8) is 0 Å². The topological polar surface area (TPSA) is 115 Å². The molecule has 0 atom stereocenters. The van der Waals surface area contributed by atoms with E-state index in [0.29, 0.717) is 24.0 Å². The summed E-state index contributed by atoms with van der Waals surface area (Å²) in [7, 11) is 0. The minimum absolute atomic E-state index is 0.0531. The van der Waals surface area contributed by atoms with Crippen LogP contribution in [0, 0.1) is 0 Å². The van der Waals surface area contributed by atoms with Gasteiger partial charge in [0.1, 0.15) is 11.5 Å². The van der Waals surface area contributed by atoms with Crippen molar-refractivity contribution >= 4 is 11.9 Å². The van der Waals surface area contributed by atoms with Crippen LogP contribution in [0.4, 0.5) is 0 Å². The van der Waals surface area contributed by atoms with Gasteiger partial charge < -0.3 is 20.4 Å². The van der Waals surface area contributed by atoms with Crippen LogP contribution in [0.3, 0.4) is 0 Å². The highest BCUT2D eigenvalue weighted by atomic mass is 16.4. The first-order valence-electron chi connectivity index (χ1n) is 7.41. The molecule has 0 unspecified atom stereocenters. The van der Waals surface area contributed by atoms with Gasteiger partial charge in [0.25, 0.3) is 0 Å². The van der Waals surface area contributed by atoms with Gasteiger partial charge >= 0.3 is 11.9 Å². The molecule has 0 amide bonds. The van der Waals surface area contributed by atoms with E-state index in [1.165, 1.54) is 36.4 Å². The molecule has 6 nitrogen and oxygen atoms in total. The van der Waals surface area contributed by atoms with Crippen molar-refractivity contribution in [2.45, 2.75) is 26.7 Å². The Morgan fingerprint density at radius 3 is 1.29 bits per heavy atom. The van der Waals surface area contributed by atoms with Crippen LogP contribution >= 0.6 is 0 Å². The maximum absolute atomic E-state index is 10.6. The van der Waals surface area contributed by atoms with Gasteiger partial charge in [0.2, 0.25) is 0 Å². The van der Waals surface area contributed by atoms with Crippen molar-refractivity contribution < 1.29 is 30.0 Å². The lowest BCUT2D eigenvalue weighted by molar-refractivity contribution is 0.0684. The lowest BCUT2D eigenvalue weighted by Gasteiger charge is -2.04. The third kappa shape index (κ3) is 4.49. The van der Waals surface area contributed by atoms with E-state index in [1.807, 2.05) is 13.8 Å². The Bertz CT molecular complexity index is 673. The maximum Gasteiger partial charge on any atom is 0.336 e. The van der Waals surface area contributed by atoms with Crippen LogP contribution in [-0.2, 0) is 12.8 Å². The predicted octanol–water partition coefficient (Wildman–Crippen LogP) is 3.31. The quantitative estimate of drug-likeness (QED) is 0.683. The van der Waals surface area contributed by atoms with E-state index in [4.69, 9.17) is 10.2 Å². The van der Waals surface area contributed by atoms with Crippen molar-refractivity contribution in [1.82, 2.24) is 0 Å². The second kappa shape index (κ2) is 8.57. The fraction of sp³-hybridized carbons (Fsp3) is 0.222. The monoisotopic (exact) mass is 332 g/mol. The van der Waals surface area contributed by atoms with E-state index < -0.39 is 11.9 Å². The van der Waals surface area contributed by atoms with Crippen LogP contribution in [0.25, 0.3) is 0 Å². The average molecular weight is 332 g/mol. The molecule has 128 valence electrons. The molecule has 0 bridgehead atoms. The highest BCUT2D eigenvalue weighted by Gasteiger charge is 2.11. The number of aromatic hydroxyl groups is 2. The summed E-state index contributed by atoms with van der Waals surface area (Å²) < 4.78 is 0. The molecule has 0 aromatic heterocycles. The van der Waals surface area contributed by atoms with Gasteiger partial charge in [0.05, 0.1) is 11.1 Å². The van der Waals surface area contributed by atoms with E-state index in [2.05, 4.69) is 0 Å². The molecule has 0 radical (unpaired) electrons. The number of carboxylic acid groups (broad SMARTS) is 2. The smallest absolute Gasteiger partial charge is 0.336 e. The van der Waals surface area contributed by atoms with Gasteiger partial charge in [-0.2, -0.15) is 0 Å². The molecule has 0 saturated carbocycles. The number of phenolic OH excluding ortho intramolecular Hbond substituents is 2. The second-order valence-corrected chi connectivity index (χ2v) is 4.92. The molecular formula is C18H20O6. The van der Waals surface area contributed by atoms with Gasteiger partial charge in [0.15, 0.2) is 0 Å². The number of hydrogen-bond acceptors (Lipinski definition) is 4. The van der Waals surface area contributed by atoms with Crippen molar-refractivity contribution in [2.24, 2.45) is 0 Å². The number of phenols is 2. The van der Waals surface area contributed by atoms with Crippen molar-refractivity contribution in [2.75, 3.05) is 0 Å². The summed E-state index contributed by atoms with van der Waals surface area (Å²) in [6.45, 7) is 3.61. The minimum atomic E-state index is -0.997. The maximum atomic E-state index is 10.6. The van der Waals surface area contributed by atoms with E-state index >= 15 is 0 Å². The Morgan fingerprint density at radius 1 is 0.750 bits per heavy atom. The molecule has 0 saturated heterocycles. The fourth-order valence-corrected chi connectivity index (χ4v) is 2.29. The van der Waals surface area contributed by atoms with Gasteiger partial charge in [-0.15, -0.1) is 0 Å². The molecule has 0 aliphatic carbocycles. The number of aromatic carboxylic acids is 2. The zero-order chi connectivity index (χ0) is 18.3.